The predicted octanol–water partition coefficient (Wildman–Crippen LogP) is 8.80. The molecule has 0 aliphatic heterocycles. The van der Waals surface area contributed by atoms with Crippen molar-refractivity contribution in [3.05, 3.63) is 143 Å². The summed E-state index contributed by atoms with van der Waals surface area (Å²) in [6.07, 6.45) is 7.99. The van der Waals surface area contributed by atoms with Crippen molar-refractivity contribution in [1.82, 2.24) is 4.90 Å². The van der Waals surface area contributed by atoms with Gasteiger partial charge in [-0.1, -0.05) is 116 Å². The second-order valence-electron chi connectivity index (χ2n) is 14.7. The Morgan fingerprint density at radius 3 is 2.29 bits per heavy atom. The Morgan fingerprint density at radius 2 is 1.56 bits per heavy atom. The highest BCUT2D eigenvalue weighted by Gasteiger charge is 2.57. The highest BCUT2D eigenvalue weighted by Crippen LogP contribution is 2.58. The van der Waals surface area contributed by atoms with Crippen molar-refractivity contribution in [1.29, 1.82) is 0 Å². The number of benzene rings is 4. The third-order valence-corrected chi connectivity index (χ3v) is 11.3. The fourth-order valence-electron chi connectivity index (χ4n) is 8.29. The molecule has 4 nitrogen and oxygen atoms in total. The number of likely N-dealkylation sites (N-methyl/N-ethyl adjacent to an activating group) is 1. The van der Waals surface area contributed by atoms with Crippen molar-refractivity contribution in [2.75, 3.05) is 20.1 Å². The summed E-state index contributed by atoms with van der Waals surface area (Å²) in [7, 11) is 2.12. The molecular weight excluding hydrogens is 590 g/mol. The molecule has 0 heterocycles. The number of carbonyl (C=O) groups is 1. The Kier molecular flexibility index (Phi) is 10.5. The summed E-state index contributed by atoms with van der Waals surface area (Å²) in [4.78, 5) is 16.8. The average Bonchev–Trinajstić information content (AvgIpc) is 3.35. The maximum atomic E-state index is 14.5. The number of nitrogens with zero attached hydrogens (tertiary/aromatic N) is 1. The van der Waals surface area contributed by atoms with Gasteiger partial charge >= 0.3 is 0 Å². The molecule has 0 radical (unpaired) electrons. The zero-order valence-electron chi connectivity index (χ0n) is 28.9. The first-order valence-electron chi connectivity index (χ1n) is 17.8. The topological polar surface area (TPSA) is 60.8 Å². The molecule has 4 aromatic carbocycles. The van der Waals surface area contributed by atoms with Gasteiger partial charge < -0.3 is 15.1 Å². The first-order valence-corrected chi connectivity index (χ1v) is 17.8. The van der Waals surface area contributed by atoms with E-state index in [1.165, 1.54) is 11.1 Å². The molecule has 250 valence electrons. The predicted molar refractivity (Wildman–Crippen MR) is 196 cm³/mol. The molecule has 4 aromatic rings. The maximum Gasteiger partial charge on any atom is 0.193 e. The molecule has 0 amide bonds. The van der Waals surface area contributed by atoms with Crippen LogP contribution in [0.5, 0.6) is 0 Å². The van der Waals surface area contributed by atoms with Gasteiger partial charge in [0.05, 0.1) is 11.7 Å². The zero-order valence-corrected chi connectivity index (χ0v) is 28.9. The fourth-order valence-corrected chi connectivity index (χ4v) is 8.29. The van der Waals surface area contributed by atoms with E-state index in [-0.39, 0.29) is 11.7 Å². The molecule has 0 saturated heterocycles. The van der Waals surface area contributed by atoms with Crippen LogP contribution < -0.4 is 0 Å². The van der Waals surface area contributed by atoms with Gasteiger partial charge in [-0.05, 0) is 105 Å². The van der Waals surface area contributed by atoms with Crippen LogP contribution in [0.25, 0.3) is 11.1 Å². The largest absolute Gasteiger partial charge is 0.393 e. The molecule has 1 fully saturated rings. The summed E-state index contributed by atoms with van der Waals surface area (Å²) in [5.41, 5.74) is 6.79. The van der Waals surface area contributed by atoms with Gasteiger partial charge in [0.25, 0.3) is 0 Å². The zero-order chi connectivity index (χ0) is 33.7. The first-order chi connectivity index (χ1) is 23.1. The highest BCUT2D eigenvalue weighted by molar-refractivity contribution is 6.10. The van der Waals surface area contributed by atoms with Crippen molar-refractivity contribution in [3.8, 4) is 11.1 Å². The molecule has 4 heteroatoms. The van der Waals surface area contributed by atoms with Gasteiger partial charge in [-0.25, -0.2) is 0 Å². The number of rotatable bonds is 8. The van der Waals surface area contributed by atoms with Crippen LogP contribution in [0.3, 0.4) is 0 Å². The van der Waals surface area contributed by atoms with Crippen LogP contribution in [0, 0.1) is 5.41 Å². The number of fused-ring (bicyclic) bond motifs is 8. The minimum Gasteiger partial charge on any atom is -0.393 e. The highest BCUT2D eigenvalue weighted by atomic mass is 16.3. The van der Waals surface area contributed by atoms with Crippen molar-refractivity contribution in [2.45, 2.75) is 82.8 Å². The summed E-state index contributed by atoms with van der Waals surface area (Å²) in [5.74, 6) is 0.0183. The van der Waals surface area contributed by atoms with Crippen molar-refractivity contribution < 1.29 is 15.0 Å². The van der Waals surface area contributed by atoms with E-state index in [9.17, 15) is 15.0 Å². The number of carbonyl (C=O) groups excluding carboxylic acids is 1. The van der Waals surface area contributed by atoms with E-state index in [0.717, 1.165) is 60.9 Å². The summed E-state index contributed by atoms with van der Waals surface area (Å²) >= 11 is 0. The quantitative estimate of drug-likeness (QED) is 0.149. The molecule has 3 aliphatic carbocycles. The molecule has 0 spiro atoms. The van der Waals surface area contributed by atoms with Gasteiger partial charge in [-0.15, -0.1) is 0 Å². The lowest BCUT2D eigenvalue weighted by Crippen LogP contribution is -2.52. The van der Waals surface area contributed by atoms with Gasteiger partial charge in [0.1, 0.15) is 0 Å². The molecule has 3 aliphatic rings. The number of allylic oxidation sites excluding steroid dienone is 2. The van der Waals surface area contributed by atoms with Gasteiger partial charge in [0.2, 0.25) is 0 Å². The summed E-state index contributed by atoms with van der Waals surface area (Å²) in [5, 5.41) is 23.6. The Hall–Kier alpha value is -3.83. The average molecular weight is 642 g/mol. The van der Waals surface area contributed by atoms with E-state index in [0.29, 0.717) is 36.9 Å². The summed E-state index contributed by atoms with van der Waals surface area (Å²) in [6, 6.07) is 35.0. The molecule has 0 aromatic heterocycles. The minimum absolute atomic E-state index is 0.00144. The molecular formula is C44H51NO3. The first kappa shape index (κ1) is 34.0. The van der Waals surface area contributed by atoms with E-state index < -0.39 is 17.1 Å². The standard InChI is InChI=1S/C44H51NO3/c1-32-11-10-26-43(2)41(24-27-44(43,48)31-45(3)28-25-33-12-6-4-7-13-33)39-23-17-34(29-38(46)22-16-32)30-40(39)42(47)37-20-18-36(19-21-37)35-14-8-5-9-15-35/h4-9,11-15,17-21,23,30,38,41,46,48H,10,16,22,24-29,31H2,1-3H3. The second-order valence-corrected chi connectivity index (χ2v) is 14.7. The molecule has 7 rings (SSSR count). The van der Waals surface area contributed by atoms with E-state index >= 15 is 0 Å². The smallest absolute Gasteiger partial charge is 0.193 e. The minimum atomic E-state index is -0.908. The van der Waals surface area contributed by atoms with Crippen LogP contribution in [0.4, 0.5) is 0 Å². The maximum absolute atomic E-state index is 14.5. The molecule has 1 saturated carbocycles. The lowest BCUT2D eigenvalue weighted by molar-refractivity contribution is -0.0798. The Morgan fingerprint density at radius 1 is 0.875 bits per heavy atom. The summed E-state index contributed by atoms with van der Waals surface area (Å²) in [6.45, 7) is 5.88. The second kappa shape index (κ2) is 14.7. The molecule has 4 atom stereocenters. The monoisotopic (exact) mass is 641 g/mol. The van der Waals surface area contributed by atoms with Gasteiger partial charge in [-0.2, -0.15) is 0 Å². The van der Waals surface area contributed by atoms with Crippen LogP contribution in [-0.4, -0.2) is 52.7 Å². The van der Waals surface area contributed by atoms with Crippen LogP contribution in [0.2, 0.25) is 0 Å². The van der Waals surface area contributed by atoms with Crippen molar-refractivity contribution in [2.24, 2.45) is 5.41 Å². The van der Waals surface area contributed by atoms with Gasteiger partial charge in [0, 0.05) is 29.6 Å². The third-order valence-electron chi connectivity index (χ3n) is 11.3. The Labute approximate surface area is 287 Å². The fraction of sp³-hybridized carbons (Fsp3) is 0.386. The van der Waals surface area contributed by atoms with Crippen molar-refractivity contribution >= 4 is 5.78 Å². The van der Waals surface area contributed by atoms with Gasteiger partial charge in [-0.3, -0.25) is 4.79 Å². The normalized spacial score (nSPS) is 24.6. The van der Waals surface area contributed by atoms with Crippen LogP contribution in [0.15, 0.2) is 115 Å². The van der Waals surface area contributed by atoms with Crippen LogP contribution in [-0.2, 0) is 12.8 Å². The summed E-state index contributed by atoms with van der Waals surface area (Å²) < 4.78 is 0. The van der Waals surface area contributed by atoms with Crippen LogP contribution >= 0.6 is 0 Å². The SMILES string of the molecule is CC1=CCCC2(C)C(CCC2(O)CN(C)CCc2ccccc2)c2ccc(cc2C(=O)c2ccc(-c3ccccc3)cc2)CC(O)CC1. The molecule has 4 unspecified atom stereocenters. The molecule has 2 N–H and O–H groups in total. The number of aliphatic hydroxyl groups is 2. The van der Waals surface area contributed by atoms with Gasteiger partial charge in [0.15, 0.2) is 5.78 Å². The molecule has 2 bridgehead atoms. The van der Waals surface area contributed by atoms with Crippen LogP contribution in [0.1, 0.15) is 90.9 Å². The molecule has 48 heavy (non-hydrogen) atoms. The lowest BCUT2D eigenvalue weighted by Gasteiger charge is -2.45. The van der Waals surface area contributed by atoms with E-state index in [4.69, 9.17) is 0 Å². The number of hydrogen-bond donors (Lipinski definition) is 2. The van der Waals surface area contributed by atoms with Crippen molar-refractivity contribution in [3.63, 3.8) is 0 Å². The van der Waals surface area contributed by atoms with E-state index in [1.54, 1.807) is 0 Å². The van der Waals surface area contributed by atoms with E-state index in [1.807, 2.05) is 54.6 Å². The Balaban J connectivity index is 1.35. The lowest BCUT2D eigenvalue weighted by atomic mass is 9.64. The third kappa shape index (κ3) is 7.42. The Bertz CT molecular complexity index is 1710. The number of aliphatic hydroxyl groups excluding tert-OH is 1. The number of hydrogen-bond acceptors (Lipinski definition) is 4. The number of ketones is 1. The van der Waals surface area contributed by atoms with E-state index in [2.05, 4.69) is 80.4 Å².